The van der Waals surface area contributed by atoms with E-state index in [0.29, 0.717) is 49.9 Å². The van der Waals surface area contributed by atoms with E-state index in [2.05, 4.69) is 5.32 Å². The smallest absolute Gasteiger partial charge is 0.251 e. The zero-order valence-corrected chi connectivity index (χ0v) is 22.2. The van der Waals surface area contributed by atoms with Gasteiger partial charge < -0.3 is 5.32 Å². The van der Waals surface area contributed by atoms with Crippen LogP contribution in [0.1, 0.15) is 21.5 Å². The molecule has 0 aliphatic carbocycles. The number of carbonyl (C=O) groups excluding carboxylic acids is 1. The van der Waals surface area contributed by atoms with Crippen molar-refractivity contribution in [1.82, 2.24) is 5.32 Å². The average Bonchev–Trinajstić information content (AvgIpc) is 2.79. The maximum atomic E-state index is 12.5. The van der Waals surface area contributed by atoms with Crippen molar-refractivity contribution >= 4 is 68.2 Å². The average molecular weight is 558 g/mol. The second kappa shape index (κ2) is 12.2. The van der Waals surface area contributed by atoms with Gasteiger partial charge >= 0.3 is 0 Å². The molecule has 0 aliphatic rings. The standard InChI is InChI=1S/C24H23Cl3N2O3S2/c1-34(31,32)29(15-18-4-2-3-5-22(18)26)21-10-7-17(8-11-21)24(30)28-12-13-33-16-19-6-9-20(25)14-23(19)27/h2-11,14H,12-13,15-16H2,1H3,(H,28,30). The van der Waals surface area contributed by atoms with E-state index in [1.54, 1.807) is 72.4 Å². The summed E-state index contributed by atoms with van der Waals surface area (Å²) in [5, 5.41) is 4.59. The Morgan fingerprint density at radius 3 is 2.29 bits per heavy atom. The van der Waals surface area contributed by atoms with E-state index in [9.17, 15) is 13.2 Å². The summed E-state index contributed by atoms with van der Waals surface area (Å²) in [6.07, 6.45) is 1.14. The summed E-state index contributed by atoms with van der Waals surface area (Å²) >= 11 is 19.9. The lowest BCUT2D eigenvalue weighted by atomic mass is 10.1. The number of sulfonamides is 1. The molecule has 5 nitrogen and oxygen atoms in total. The zero-order valence-electron chi connectivity index (χ0n) is 18.3. The van der Waals surface area contributed by atoms with Crippen molar-refractivity contribution in [2.45, 2.75) is 12.3 Å². The Labute approximate surface area is 219 Å². The molecule has 0 spiro atoms. The highest BCUT2D eigenvalue weighted by molar-refractivity contribution is 7.98. The molecule has 34 heavy (non-hydrogen) atoms. The van der Waals surface area contributed by atoms with Gasteiger partial charge in [0.05, 0.1) is 18.5 Å². The minimum atomic E-state index is -3.56. The number of nitrogens with zero attached hydrogens (tertiary/aromatic N) is 1. The lowest BCUT2D eigenvalue weighted by Crippen LogP contribution is -2.29. The van der Waals surface area contributed by atoms with Crippen LogP contribution < -0.4 is 9.62 Å². The first-order chi connectivity index (χ1) is 16.1. The highest BCUT2D eigenvalue weighted by atomic mass is 35.5. The van der Waals surface area contributed by atoms with E-state index in [1.165, 1.54) is 4.31 Å². The SMILES string of the molecule is CS(=O)(=O)N(Cc1ccccc1Cl)c1ccc(C(=O)NCCSCc2ccc(Cl)cc2Cl)cc1. The molecule has 3 aromatic carbocycles. The topological polar surface area (TPSA) is 66.5 Å². The van der Waals surface area contributed by atoms with Crippen LogP contribution in [0.4, 0.5) is 5.69 Å². The fourth-order valence-electron chi connectivity index (χ4n) is 3.12. The number of hydrogen-bond donors (Lipinski definition) is 1. The van der Waals surface area contributed by atoms with Gasteiger partial charge in [0.25, 0.3) is 5.91 Å². The second-order valence-corrected chi connectivity index (χ2v) is 11.7. The molecule has 0 saturated heterocycles. The number of benzene rings is 3. The van der Waals surface area contributed by atoms with Crippen molar-refractivity contribution in [3.05, 3.63) is 98.5 Å². The largest absolute Gasteiger partial charge is 0.351 e. The van der Waals surface area contributed by atoms with Crippen LogP contribution in [0.5, 0.6) is 0 Å². The maximum absolute atomic E-state index is 12.5. The highest BCUT2D eigenvalue weighted by Crippen LogP contribution is 2.26. The number of carbonyl (C=O) groups is 1. The predicted octanol–water partition coefficient (Wildman–Crippen LogP) is 6.28. The summed E-state index contributed by atoms with van der Waals surface area (Å²) in [6, 6.07) is 18.9. The molecule has 0 fully saturated rings. The van der Waals surface area contributed by atoms with Gasteiger partial charge in [0.15, 0.2) is 0 Å². The first kappa shape index (κ1) is 26.7. The van der Waals surface area contributed by atoms with Crippen LogP contribution in [-0.2, 0) is 22.3 Å². The minimum Gasteiger partial charge on any atom is -0.351 e. The lowest BCUT2D eigenvalue weighted by Gasteiger charge is -2.23. The Kier molecular flexibility index (Phi) is 9.56. The van der Waals surface area contributed by atoms with Crippen LogP contribution in [0.2, 0.25) is 15.1 Å². The number of halogens is 3. The molecule has 0 unspecified atom stereocenters. The van der Waals surface area contributed by atoms with Crippen LogP contribution in [-0.4, -0.2) is 32.9 Å². The highest BCUT2D eigenvalue weighted by Gasteiger charge is 2.19. The van der Waals surface area contributed by atoms with Gasteiger partial charge in [-0.05, 0) is 53.6 Å². The van der Waals surface area contributed by atoms with Crippen molar-refractivity contribution in [2.24, 2.45) is 0 Å². The Morgan fingerprint density at radius 1 is 0.941 bits per heavy atom. The van der Waals surface area contributed by atoms with Gasteiger partial charge in [-0.3, -0.25) is 9.10 Å². The van der Waals surface area contributed by atoms with Gasteiger partial charge in [0.2, 0.25) is 10.0 Å². The zero-order chi connectivity index (χ0) is 24.7. The molecule has 3 rings (SSSR count). The molecule has 0 radical (unpaired) electrons. The van der Waals surface area contributed by atoms with Gasteiger partial charge in [-0.2, -0.15) is 11.8 Å². The third-order valence-electron chi connectivity index (χ3n) is 4.89. The first-order valence-electron chi connectivity index (χ1n) is 10.3. The van der Waals surface area contributed by atoms with Crippen LogP contribution in [0, 0.1) is 0 Å². The molecule has 10 heteroatoms. The third-order valence-corrected chi connectivity index (χ3v) is 8.00. The van der Waals surface area contributed by atoms with Crippen LogP contribution in [0.15, 0.2) is 66.7 Å². The second-order valence-electron chi connectivity index (χ2n) is 7.45. The Hall–Kier alpha value is -1.90. The van der Waals surface area contributed by atoms with Crippen molar-refractivity contribution < 1.29 is 13.2 Å². The van der Waals surface area contributed by atoms with E-state index < -0.39 is 10.0 Å². The maximum Gasteiger partial charge on any atom is 0.251 e. The van der Waals surface area contributed by atoms with Gasteiger partial charge in [0.1, 0.15) is 0 Å². The molecule has 0 aliphatic heterocycles. The van der Waals surface area contributed by atoms with Crippen LogP contribution >= 0.6 is 46.6 Å². The normalized spacial score (nSPS) is 11.3. The molecule has 180 valence electrons. The van der Waals surface area contributed by atoms with E-state index in [1.807, 2.05) is 6.07 Å². The molecule has 0 aromatic heterocycles. The summed E-state index contributed by atoms with van der Waals surface area (Å²) < 4.78 is 26.0. The van der Waals surface area contributed by atoms with Gasteiger partial charge in [-0.15, -0.1) is 0 Å². The van der Waals surface area contributed by atoms with E-state index in [-0.39, 0.29) is 12.5 Å². The summed E-state index contributed by atoms with van der Waals surface area (Å²) in [7, 11) is -3.56. The molecule has 1 N–H and O–H groups in total. The predicted molar refractivity (Wildman–Crippen MR) is 144 cm³/mol. The van der Waals surface area contributed by atoms with Gasteiger partial charge in [-0.1, -0.05) is 59.1 Å². The van der Waals surface area contributed by atoms with E-state index in [0.717, 1.165) is 11.8 Å². The Balaban J connectivity index is 1.55. The lowest BCUT2D eigenvalue weighted by molar-refractivity contribution is 0.0956. The van der Waals surface area contributed by atoms with E-state index in [4.69, 9.17) is 34.8 Å². The summed E-state index contributed by atoms with van der Waals surface area (Å²) in [5.41, 5.74) is 2.58. The molecule has 0 bridgehead atoms. The fraction of sp³-hybridized carbons (Fsp3) is 0.208. The molecule has 0 saturated carbocycles. The molecule has 3 aromatic rings. The molecular weight excluding hydrogens is 535 g/mol. The number of amides is 1. The Morgan fingerprint density at radius 2 is 1.65 bits per heavy atom. The molecular formula is C24H23Cl3N2O3S2. The van der Waals surface area contributed by atoms with Crippen molar-refractivity contribution in [2.75, 3.05) is 22.9 Å². The summed E-state index contributed by atoms with van der Waals surface area (Å²) in [4.78, 5) is 12.5. The summed E-state index contributed by atoms with van der Waals surface area (Å²) in [6.45, 7) is 0.581. The number of thioether (sulfide) groups is 1. The molecule has 0 atom stereocenters. The van der Waals surface area contributed by atoms with Crippen molar-refractivity contribution in [3.63, 3.8) is 0 Å². The van der Waals surface area contributed by atoms with Crippen LogP contribution in [0.25, 0.3) is 0 Å². The number of hydrogen-bond acceptors (Lipinski definition) is 4. The minimum absolute atomic E-state index is 0.0961. The summed E-state index contributed by atoms with van der Waals surface area (Å²) in [5.74, 6) is 1.20. The molecule has 0 heterocycles. The number of rotatable bonds is 10. The van der Waals surface area contributed by atoms with Crippen molar-refractivity contribution in [3.8, 4) is 0 Å². The number of nitrogens with one attached hydrogen (secondary N) is 1. The van der Waals surface area contributed by atoms with Gasteiger partial charge in [0, 0.05) is 38.7 Å². The van der Waals surface area contributed by atoms with Gasteiger partial charge in [-0.25, -0.2) is 8.42 Å². The number of anilines is 1. The monoisotopic (exact) mass is 556 g/mol. The first-order valence-corrected chi connectivity index (χ1v) is 14.4. The van der Waals surface area contributed by atoms with Crippen LogP contribution in [0.3, 0.4) is 0 Å². The third kappa shape index (κ3) is 7.55. The van der Waals surface area contributed by atoms with E-state index >= 15 is 0 Å². The molecule has 1 amide bonds. The Bertz CT molecular complexity index is 1250. The van der Waals surface area contributed by atoms with Crippen molar-refractivity contribution in [1.29, 1.82) is 0 Å². The fourth-order valence-corrected chi connectivity index (χ4v) is 5.61. The quantitative estimate of drug-likeness (QED) is 0.298.